The molecule has 6 N–H and O–H groups in total. The molecule has 4 aliphatic rings. The normalized spacial score (nSPS) is 48.0. The van der Waals surface area contributed by atoms with Crippen LogP contribution < -0.4 is 33.0 Å². The number of nitrogens with one attached hydrogen (secondary N) is 6. The highest BCUT2D eigenvalue weighted by molar-refractivity contribution is 6.21. The number of hydrogen-bond acceptors (Lipinski definition) is 8. The van der Waals surface area contributed by atoms with Gasteiger partial charge in [-0.15, -0.1) is 11.6 Å². The SMILES string of the molecule is FC(F)(F)C1CC2C(CC1Cl)N1NNNC1C1NNNN21. The molecule has 120 valence electrons. The predicted octanol–water partition coefficient (Wildman–Crippen LogP) is -1.37. The fraction of sp³-hybridized carbons (Fsp3) is 1.00. The molecular weight excluding hydrogens is 313 g/mol. The Hall–Kier alpha value is -0.240. The predicted molar refractivity (Wildman–Crippen MR) is 66.1 cm³/mol. The summed E-state index contributed by atoms with van der Waals surface area (Å²) >= 11 is 6.04. The van der Waals surface area contributed by atoms with E-state index in [4.69, 9.17) is 11.6 Å². The zero-order valence-corrected chi connectivity index (χ0v) is 11.5. The van der Waals surface area contributed by atoms with Crippen molar-refractivity contribution in [2.75, 3.05) is 0 Å². The molecule has 0 amide bonds. The monoisotopic (exact) mass is 328 g/mol. The summed E-state index contributed by atoms with van der Waals surface area (Å²) in [6, 6.07) is -0.450. The van der Waals surface area contributed by atoms with Crippen LogP contribution in [-0.2, 0) is 0 Å². The number of fused-ring (bicyclic) bond motifs is 6. The number of halogens is 4. The van der Waals surface area contributed by atoms with Gasteiger partial charge in [0.1, 0.15) is 12.3 Å². The van der Waals surface area contributed by atoms with Gasteiger partial charge in [0.05, 0.1) is 5.92 Å². The summed E-state index contributed by atoms with van der Waals surface area (Å²) in [7, 11) is 0. The van der Waals surface area contributed by atoms with Gasteiger partial charge < -0.3 is 0 Å². The molecule has 0 aromatic heterocycles. The zero-order chi connectivity index (χ0) is 14.8. The van der Waals surface area contributed by atoms with Gasteiger partial charge in [0, 0.05) is 17.5 Å². The summed E-state index contributed by atoms with van der Waals surface area (Å²) in [4.78, 5) is 0. The lowest BCUT2D eigenvalue weighted by Crippen LogP contribution is -2.74. The third-order valence-corrected chi connectivity index (χ3v) is 5.17. The third kappa shape index (κ3) is 2.16. The molecule has 21 heavy (non-hydrogen) atoms. The standard InChI is InChI=1S/C9H16ClF3N8/c10-4-2-6-5(1-3(4)9(11,12)13)20-7(14-16-18-20)8-15-17-19-21(6)8/h3-8,14-19H,1-2H2. The van der Waals surface area contributed by atoms with Crippen LogP contribution in [0.5, 0.6) is 0 Å². The molecule has 3 heterocycles. The van der Waals surface area contributed by atoms with Crippen molar-refractivity contribution < 1.29 is 13.2 Å². The first-order chi connectivity index (χ1) is 9.97. The van der Waals surface area contributed by atoms with Crippen molar-refractivity contribution >= 4 is 11.6 Å². The lowest BCUT2D eigenvalue weighted by molar-refractivity contribution is -0.200. The Balaban J connectivity index is 1.63. The number of hydrogen-bond donors (Lipinski definition) is 6. The first kappa shape index (κ1) is 14.4. The van der Waals surface area contributed by atoms with Crippen LogP contribution in [0.1, 0.15) is 12.8 Å². The summed E-state index contributed by atoms with van der Waals surface area (Å²) in [6.45, 7) is 0. The van der Waals surface area contributed by atoms with Crippen LogP contribution in [0.3, 0.4) is 0 Å². The highest BCUT2D eigenvalue weighted by Gasteiger charge is 2.59. The fourth-order valence-electron chi connectivity index (χ4n) is 3.71. The number of hydrazine groups is 6. The van der Waals surface area contributed by atoms with Gasteiger partial charge in [0.15, 0.2) is 0 Å². The van der Waals surface area contributed by atoms with Crippen molar-refractivity contribution in [2.24, 2.45) is 5.92 Å². The first-order valence-electron chi connectivity index (χ1n) is 6.76. The summed E-state index contributed by atoms with van der Waals surface area (Å²) in [6.07, 6.45) is -4.41. The molecule has 0 aromatic rings. The molecule has 12 heteroatoms. The van der Waals surface area contributed by atoms with Gasteiger partial charge in [-0.3, -0.25) is 0 Å². The van der Waals surface area contributed by atoms with E-state index in [2.05, 4.69) is 33.0 Å². The molecule has 3 aliphatic heterocycles. The molecule has 0 aromatic carbocycles. The van der Waals surface area contributed by atoms with Crippen molar-refractivity contribution in [1.29, 1.82) is 0 Å². The number of rotatable bonds is 0. The largest absolute Gasteiger partial charge is 0.393 e. The van der Waals surface area contributed by atoms with Gasteiger partial charge in [-0.05, 0) is 12.8 Å². The topological polar surface area (TPSA) is 78.7 Å². The molecule has 6 atom stereocenters. The van der Waals surface area contributed by atoms with E-state index in [0.29, 0.717) is 0 Å². The minimum atomic E-state index is -4.28. The van der Waals surface area contributed by atoms with E-state index in [1.807, 2.05) is 5.01 Å². The molecule has 4 rings (SSSR count). The minimum absolute atomic E-state index is 0.0416. The van der Waals surface area contributed by atoms with E-state index >= 15 is 0 Å². The van der Waals surface area contributed by atoms with Gasteiger partial charge >= 0.3 is 6.18 Å². The van der Waals surface area contributed by atoms with Gasteiger partial charge in [0.2, 0.25) is 0 Å². The summed E-state index contributed by atoms with van der Waals surface area (Å²) < 4.78 is 39.5. The van der Waals surface area contributed by atoms with Crippen LogP contribution >= 0.6 is 11.6 Å². The zero-order valence-electron chi connectivity index (χ0n) is 10.8. The number of nitrogens with zero attached hydrogens (tertiary/aromatic N) is 2. The van der Waals surface area contributed by atoms with E-state index in [-0.39, 0.29) is 37.3 Å². The average molecular weight is 329 g/mol. The van der Waals surface area contributed by atoms with Crippen LogP contribution in [0.25, 0.3) is 0 Å². The van der Waals surface area contributed by atoms with E-state index in [9.17, 15) is 13.2 Å². The molecule has 0 radical (unpaired) electrons. The summed E-state index contributed by atoms with van der Waals surface area (Å²) in [5.74, 6) is -1.50. The van der Waals surface area contributed by atoms with E-state index in [1.165, 1.54) is 0 Å². The van der Waals surface area contributed by atoms with Gasteiger partial charge in [-0.1, -0.05) is 0 Å². The second kappa shape index (κ2) is 4.88. The van der Waals surface area contributed by atoms with Crippen molar-refractivity contribution in [1.82, 2.24) is 43.0 Å². The molecule has 1 aliphatic carbocycles. The van der Waals surface area contributed by atoms with Crippen LogP contribution in [0.2, 0.25) is 0 Å². The Morgan fingerprint density at radius 1 is 0.905 bits per heavy atom. The maximum absolute atomic E-state index is 13.2. The highest BCUT2D eigenvalue weighted by atomic mass is 35.5. The average Bonchev–Trinajstić information content (AvgIpc) is 3.05. The summed E-state index contributed by atoms with van der Waals surface area (Å²) in [5, 5.41) is 2.78. The maximum Gasteiger partial charge on any atom is 0.393 e. The molecule has 6 unspecified atom stereocenters. The number of alkyl halides is 4. The first-order valence-corrected chi connectivity index (χ1v) is 7.20. The maximum atomic E-state index is 13.2. The van der Waals surface area contributed by atoms with Crippen molar-refractivity contribution in [3.63, 3.8) is 0 Å². The van der Waals surface area contributed by atoms with E-state index in [0.717, 1.165) is 0 Å². The van der Waals surface area contributed by atoms with Crippen LogP contribution in [0.4, 0.5) is 13.2 Å². The second-order valence-electron chi connectivity index (χ2n) is 5.74. The quantitative estimate of drug-likeness (QED) is 0.304. The van der Waals surface area contributed by atoms with Gasteiger partial charge in [-0.25, -0.2) is 20.9 Å². The molecular formula is C9H16ClF3N8. The molecule has 0 bridgehead atoms. The Morgan fingerprint density at radius 2 is 1.43 bits per heavy atom. The fourth-order valence-corrected chi connectivity index (χ4v) is 4.14. The summed E-state index contributed by atoms with van der Waals surface area (Å²) in [5.41, 5.74) is 17.4. The molecule has 3 saturated heterocycles. The van der Waals surface area contributed by atoms with Crippen LogP contribution in [0.15, 0.2) is 0 Å². The molecule has 4 fully saturated rings. The molecule has 0 spiro atoms. The smallest absolute Gasteiger partial charge is 0.221 e. The van der Waals surface area contributed by atoms with Crippen LogP contribution in [0, 0.1) is 5.92 Å². The Labute approximate surface area is 123 Å². The highest BCUT2D eigenvalue weighted by Crippen LogP contribution is 2.44. The van der Waals surface area contributed by atoms with E-state index < -0.39 is 17.5 Å². The van der Waals surface area contributed by atoms with Gasteiger partial charge in [0.25, 0.3) is 0 Å². The Bertz CT molecular complexity index is 424. The van der Waals surface area contributed by atoms with Crippen molar-refractivity contribution in [3.05, 3.63) is 0 Å². The van der Waals surface area contributed by atoms with Gasteiger partial charge in [-0.2, -0.15) is 35.3 Å². The third-order valence-electron chi connectivity index (χ3n) is 4.69. The van der Waals surface area contributed by atoms with Crippen LogP contribution in [-0.4, -0.2) is 46.0 Å². The lowest BCUT2D eigenvalue weighted by Gasteiger charge is -2.52. The van der Waals surface area contributed by atoms with Crippen molar-refractivity contribution in [3.8, 4) is 0 Å². The van der Waals surface area contributed by atoms with E-state index in [1.54, 1.807) is 5.01 Å². The Kier molecular flexibility index (Phi) is 3.33. The second-order valence-corrected chi connectivity index (χ2v) is 6.30. The van der Waals surface area contributed by atoms with Crippen molar-refractivity contribution in [2.45, 2.75) is 48.8 Å². The lowest BCUT2D eigenvalue weighted by atomic mass is 9.79. The Morgan fingerprint density at radius 3 is 1.95 bits per heavy atom. The molecule has 8 nitrogen and oxygen atoms in total. The minimum Gasteiger partial charge on any atom is -0.221 e. The number of piperazine rings is 1. The molecule has 1 saturated carbocycles.